The highest BCUT2D eigenvalue weighted by molar-refractivity contribution is 5.18. The van der Waals surface area contributed by atoms with Crippen LogP contribution in [0.4, 0.5) is 0 Å². The van der Waals surface area contributed by atoms with Gasteiger partial charge < -0.3 is 9.47 Å². The zero-order valence-electron chi connectivity index (χ0n) is 14.4. The van der Waals surface area contributed by atoms with E-state index in [1.54, 1.807) is 0 Å². The van der Waals surface area contributed by atoms with Crippen LogP contribution in [0.2, 0.25) is 0 Å². The Hall–Kier alpha value is -1.41. The molecule has 0 bridgehead atoms. The molecule has 0 spiro atoms. The fourth-order valence-electron chi connectivity index (χ4n) is 2.87. The van der Waals surface area contributed by atoms with E-state index in [9.17, 15) is 5.26 Å². The molecule has 5 atom stereocenters. The highest BCUT2D eigenvalue weighted by atomic mass is 16.7. The summed E-state index contributed by atoms with van der Waals surface area (Å²) >= 11 is 0. The summed E-state index contributed by atoms with van der Waals surface area (Å²) in [7, 11) is 0. The maximum Gasteiger partial charge on any atom is 0.157 e. The topological polar surface area (TPSA) is 54.3 Å². The molecule has 1 unspecified atom stereocenters. The minimum Gasteiger partial charge on any atom is -0.353 e. The van der Waals surface area contributed by atoms with Gasteiger partial charge in [-0.3, -0.25) is 5.32 Å². The molecule has 2 rings (SSSR count). The summed E-state index contributed by atoms with van der Waals surface area (Å²) in [6.07, 6.45) is 3.06. The quantitative estimate of drug-likeness (QED) is 0.831. The van der Waals surface area contributed by atoms with E-state index in [1.807, 2.05) is 25.1 Å². The van der Waals surface area contributed by atoms with Crippen molar-refractivity contribution in [1.82, 2.24) is 5.32 Å². The maximum atomic E-state index is 9.55. The lowest BCUT2D eigenvalue weighted by Crippen LogP contribution is -2.42. The Morgan fingerprint density at radius 1 is 1.22 bits per heavy atom. The van der Waals surface area contributed by atoms with Crippen molar-refractivity contribution in [2.45, 2.75) is 64.5 Å². The third-order valence-electron chi connectivity index (χ3n) is 4.64. The molecule has 0 aromatic heterocycles. The van der Waals surface area contributed by atoms with Crippen LogP contribution in [-0.2, 0) is 9.47 Å². The number of hydrogen-bond acceptors (Lipinski definition) is 4. The van der Waals surface area contributed by atoms with Crippen LogP contribution in [0.5, 0.6) is 0 Å². The van der Waals surface area contributed by atoms with Crippen molar-refractivity contribution in [3.8, 4) is 6.07 Å². The van der Waals surface area contributed by atoms with E-state index >= 15 is 0 Å². The Labute approximate surface area is 139 Å². The van der Waals surface area contributed by atoms with Gasteiger partial charge in [0.1, 0.15) is 6.04 Å². The SMILES string of the molecule is C[C@H]([C@H](C#N)N[C@@H](C)c1ccccc1)[C@H](C)OC1CCCCO1. The van der Waals surface area contributed by atoms with E-state index in [-0.39, 0.29) is 30.4 Å². The largest absolute Gasteiger partial charge is 0.353 e. The Morgan fingerprint density at radius 3 is 2.57 bits per heavy atom. The van der Waals surface area contributed by atoms with Crippen LogP contribution in [0, 0.1) is 17.2 Å². The Kier molecular flexibility index (Phi) is 7.04. The molecule has 0 radical (unpaired) electrons. The van der Waals surface area contributed by atoms with Gasteiger partial charge >= 0.3 is 0 Å². The first kappa shape index (κ1) is 17.9. The summed E-state index contributed by atoms with van der Waals surface area (Å²) < 4.78 is 11.6. The van der Waals surface area contributed by atoms with Crippen LogP contribution in [-0.4, -0.2) is 25.0 Å². The van der Waals surface area contributed by atoms with E-state index < -0.39 is 0 Å². The van der Waals surface area contributed by atoms with Crippen molar-refractivity contribution in [2.24, 2.45) is 5.92 Å². The summed E-state index contributed by atoms with van der Waals surface area (Å²) in [5.74, 6) is 0.0803. The van der Waals surface area contributed by atoms with Crippen LogP contribution >= 0.6 is 0 Å². The summed E-state index contributed by atoms with van der Waals surface area (Å²) in [4.78, 5) is 0. The van der Waals surface area contributed by atoms with Crippen LogP contribution in [0.1, 0.15) is 51.6 Å². The molecular formula is C19H28N2O2. The van der Waals surface area contributed by atoms with Crippen molar-refractivity contribution in [2.75, 3.05) is 6.61 Å². The molecule has 4 nitrogen and oxygen atoms in total. The molecule has 1 heterocycles. The van der Waals surface area contributed by atoms with Gasteiger partial charge in [0, 0.05) is 18.6 Å². The van der Waals surface area contributed by atoms with E-state index in [2.05, 4.69) is 37.4 Å². The Balaban J connectivity index is 1.89. The van der Waals surface area contributed by atoms with E-state index in [1.165, 1.54) is 5.56 Å². The van der Waals surface area contributed by atoms with Gasteiger partial charge in [0.2, 0.25) is 0 Å². The van der Waals surface area contributed by atoms with Crippen LogP contribution in [0.3, 0.4) is 0 Å². The van der Waals surface area contributed by atoms with Gasteiger partial charge in [0.15, 0.2) is 6.29 Å². The number of rotatable bonds is 7. The van der Waals surface area contributed by atoms with Crippen molar-refractivity contribution in [1.29, 1.82) is 5.26 Å². The molecule has 1 saturated heterocycles. The molecule has 126 valence electrons. The lowest BCUT2D eigenvalue weighted by molar-refractivity contribution is -0.194. The van der Waals surface area contributed by atoms with Crippen molar-refractivity contribution in [3.05, 3.63) is 35.9 Å². The molecule has 1 aromatic rings. The number of benzene rings is 1. The highest BCUT2D eigenvalue weighted by Crippen LogP contribution is 2.21. The summed E-state index contributed by atoms with van der Waals surface area (Å²) in [6.45, 7) is 6.95. The predicted molar refractivity (Wildman–Crippen MR) is 90.7 cm³/mol. The van der Waals surface area contributed by atoms with Gasteiger partial charge in [-0.2, -0.15) is 5.26 Å². The molecular weight excluding hydrogens is 288 g/mol. The minimum absolute atomic E-state index is 0.0294. The van der Waals surface area contributed by atoms with Crippen molar-refractivity contribution >= 4 is 0 Å². The fraction of sp³-hybridized carbons (Fsp3) is 0.632. The zero-order chi connectivity index (χ0) is 16.7. The third-order valence-corrected chi connectivity index (χ3v) is 4.64. The normalized spacial score (nSPS) is 23.5. The maximum absolute atomic E-state index is 9.55. The molecule has 1 fully saturated rings. The second kappa shape index (κ2) is 9.02. The van der Waals surface area contributed by atoms with Gasteiger partial charge in [-0.05, 0) is 38.7 Å². The number of nitrogens with one attached hydrogen (secondary N) is 1. The number of ether oxygens (including phenoxy) is 2. The second-order valence-corrected chi connectivity index (χ2v) is 6.40. The molecule has 23 heavy (non-hydrogen) atoms. The Bertz CT molecular complexity index is 494. The smallest absolute Gasteiger partial charge is 0.157 e. The van der Waals surface area contributed by atoms with Gasteiger partial charge in [-0.25, -0.2) is 0 Å². The monoisotopic (exact) mass is 316 g/mol. The molecule has 1 aromatic carbocycles. The molecule has 1 N–H and O–H groups in total. The van der Waals surface area contributed by atoms with Crippen LogP contribution < -0.4 is 5.32 Å². The molecule has 0 amide bonds. The molecule has 4 heteroatoms. The molecule has 1 aliphatic rings. The zero-order valence-corrected chi connectivity index (χ0v) is 14.4. The average molecular weight is 316 g/mol. The van der Waals surface area contributed by atoms with Gasteiger partial charge in [0.25, 0.3) is 0 Å². The van der Waals surface area contributed by atoms with E-state index in [0.717, 1.165) is 25.9 Å². The van der Waals surface area contributed by atoms with Crippen molar-refractivity contribution in [3.63, 3.8) is 0 Å². The average Bonchev–Trinajstić information content (AvgIpc) is 2.60. The second-order valence-electron chi connectivity index (χ2n) is 6.40. The standard InChI is InChI=1S/C19H28N2O2/c1-14(16(3)23-19-11-7-8-12-22-19)18(13-20)21-15(2)17-9-5-4-6-10-17/h4-6,9-10,14-16,18-19,21H,7-8,11-12H2,1-3H3/t14-,15-,16-,18-,19?/m0/s1. The first-order chi connectivity index (χ1) is 11.1. The predicted octanol–water partition coefficient (Wildman–Crippen LogP) is 3.80. The van der Waals surface area contributed by atoms with Crippen LogP contribution in [0.25, 0.3) is 0 Å². The highest BCUT2D eigenvalue weighted by Gasteiger charge is 2.27. The van der Waals surface area contributed by atoms with Crippen molar-refractivity contribution < 1.29 is 9.47 Å². The molecule has 0 saturated carbocycles. The summed E-state index contributed by atoms with van der Waals surface area (Å²) in [5, 5.41) is 13.0. The summed E-state index contributed by atoms with van der Waals surface area (Å²) in [6, 6.07) is 12.4. The lowest BCUT2D eigenvalue weighted by atomic mass is 9.95. The van der Waals surface area contributed by atoms with E-state index in [0.29, 0.717) is 0 Å². The lowest BCUT2D eigenvalue weighted by Gasteiger charge is -2.32. The van der Waals surface area contributed by atoms with Gasteiger partial charge in [-0.15, -0.1) is 0 Å². The number of hydrogen-bond donors (Lipinski definition) is 1. The first-order valence-corrected chi connectivity index (χ1v) is 8.59. The summed E-state index contributed by atoms with van der Waals surface area (Å²) in [5.41, 5.74) is 1.18. The minimum atomic E-state index is -0.260. The molecule has 0 aliphatic carbocycles. The van der Waals surface area contributed by atoms with Crippen LogP contribution in [0.15, 0.2) is 30.3 Å². The Morgan fingerprint density at radius 2 is 1.96 bits per heavy atom. The third kappa shape index (κ3) is 5.31. The fourth-order valence-corrected chi connectivity index (χ4v) is 2.87. The molecule has 1 aliphatic heterocycles. The van der Waals surface area contributed by atoms with Gasteiger partial charge in [-0.1, -0.05) is 37.3 Å². The van der Waals surface area contributed by atoms with Gasteiger partial charge in [0.05, 0.1) is 12.2 Å². The number of nitrogens with zero attached hydrogens (tertiary/aromatic N) is 1. The van der Waals surface area contributed by atoms with E-state index in [4.69, 9.17) is 9.47 Å². The first-order valence-electron chi connectivity index (χ1n) is 8.59. The number of nitriles is 1.